The Morgan fingerprint density at radius 2 is 1.91 bits per heavy atom. The molecule has 0 unspecified atom stereocenters. The molecule has 0 aromatic heterocycles. The molecule has 0 atom stereocenters. The average molecular weight is 149 g/mol. The zero-order chi connectivity index (χ0) is 8.27. The summed E-state index contributed by atoms with van der Waals surface area (Å²) in [5, 5.41) is 11.2. The summed E-state index contributed by atoms with van der Waals surface area (Å²) >= 11 is 0. The first-order valence-corrected chi connectivity index (χ1v) is 3.95. The van der Waals surface area contributed by atoms with E-state index in [9.17, 15) is 5.11 Å². The molecule has 11 heavy (non-hydrogen) atoms. The molecule has 0 aliphatic carbocycles. The Bertz CT molecular complexity index is 228. The van der Waals surface area contributed by atoms with Crippen LogP contribution in [0.4, 0.5) is 0 Å². The summed E-state index contributed by atoms with van der Waals surface area (Å²) in [5.74, 6) is 0.728. The highest BCUT2D eigenvalue weighted by atomic mass is 16.3. The van der Waals surface area contributed by atoms with Crippen molar-refractivity contribution in [1.29, 1.82) is 0 Å². The molecule has 0 saturated carbocycles. The molecule has 60 valence electrons. The third-order valence-corrected chi connectivity index (χ3v) is 1.60. The van der Waals surface area contributed by atoms with Gasteiger partial charge in [0.1, 0.15) is 0 Å². The van der Waals surface area contributed by atoms with Gasteiger partial charge in [-0.2, -0.15) is 0 Å². The van der Waals surface area contributed by atoms with Crippen LogP contribution in [0.25, 0.3) is 0 Å². The third-order valence-electron chi connectivity index (χ3n) is 1.60. The maximum absolute atomic E-state index is 11.2. The van der Waals surface area contributed by atoms with Gasteiger partial charge in [-0.1, -0.05) is 43.7 Å². The molecule has 1 aromatic carbocycles. The highest BCUT2D eigenvalue weighted by Gasteiger charge is 1.96. The van der Waals surface area contributed by atoms with Gasteiger partial charge in [0.15, 0.2) is 0 Å². The van der Waals surface area contributed by atoms with Crippen LogP contribution < -0.4 is 5.11 Å². The summed E-state index contributed by atoms with van der Waals surface area (Å²) in [6.45, 7) is 4.24. The van der Waals surface area contributed by atoms with Gasteiger partial charge in [-0.3, -0.25) is 0 Å². The first-order chi connectivity index (χ1) is 5.20. The van der Waals surface area contributed by atoms with Crippen LogP contribution in [0.1, 0.15) is 19.4 Å². The fourth-order valence-corrected chi connectivity index (χ4v) is 1.11. The molecule has 1 aromatic rings. The lowest BCUT2D eigenvalue weighted by atomic mass is 10.0. The molecule has 0 amide bonds. The van der Waals surface area contributed by atoms with Crippen LogP contribution in [0.2, 0.25) is 0 Å². The van der Waals surface area contributed by atoms with Gasteiger partial charge in [-0.25, -0.2) is 0 Å². The summed E-state index contributed by atoms with van der Waals surface area (Å²) in [6, 6.07) is 7.23. The fraction of sp³-hybridized carbons (Fsp3) is 0.400. The number of rotatable bonds is 2. The van der Waals surface area contributed by atoms with E-state index in [2.05, 4.69) is 13.8 Å². The number of hydrogen-bond donors (Lipinski definition) is 0. The highest BCUT2D eigenvalue weighted by molar-refractivity contribution is 5.30. The molecule has 0 radical (unpaired) electrons. The molecule has 0 saturated heterocycles. The Morgan fingerprint density at radius 1 is 1.27 bits per heavy atom. The van der Waals surface area contributed by atoms with Crippen LogP contribution in [0.15, 0.2) is 24.3 Å². The van der Waals surface area contributed by atoms with E-state index in [0.29, 0.717) is 5.92 Å². The number of benzene rings is 1. The van der Waals surface area contributed by atoms with Gasteiger partial charge in [0.2, 0.25) is 0 Å². The van der Waals surface area contributed by atoms with Crippen LogP contribution in [-0.2, 0) is 6.42 Å². The number of hydrogen-bond acceptors (Lipinski definition) is 1. The SMILES string of the molecule is CC(C)Cc1ccccc1[O-]. The minimum absolute atomic E-state index is 0.168. The lowest BCUT2D eigenvalue weighted by Gasteiger charge is -2.13. The summed E-state index contributed by atoms with van der Waals surface area (Å²) in [7, 11) is 0. The van der Waals surface area contributed by atoms with Gasteiger partial charge in [0.05, 0.1) is 0 Å². The standard InChI is InChI=1S/C10H14O/c1-8(2)7-9-5-3-4-6-10(9)11/h3-6,8,11H,7H2,1-2H3/p-1. The molecule has 0 bridgehead atoms. The topological polar surface area (TPSA) is 23.1 Å². The Kier molecular flexibility index (Phi) is 2.53. The molecule has 0 heterocycles. The summed E-state index contributed by atoms with van der Waals surface area (Å²) in [5.41, 5.74) is 0.933. The van der Waals surface area contributed by atoms with Crippen molar-refractivity contribution >= 4 is 0 Å². The zero-order valence-corrected chi connectivity index (χ0v) is 7.00. The van der Waals surface area contributed by atoms with E-state index in [1.54, 1.807) is 12.1 Å². The minimum atomic E-state index is 0.168. The second-order valence-corrected chi connectivity index (χ2v) is 3.21. The molecule has 1 nitrogen and oxygen atoms in total. The van der Waals surface area contributed by atoms with E-state index in [-0.39, 0.29) is 5.75 Å². The first kappa shape index (κ1) is 8.12. The molecule has 0 fully saturated rings. The maximum atomic E-state index is 11.2. The largest absolute Gasteiger partial charge is 0.872 e. The molecule has 0 aliphatic heterocycles. The van der Waals surface area contributed by atoms with E-state index < -0.39 is 0 Å². The Hall–Kier alpha value is -0.980. The van der Waals surface area contributed by atoms with Gasteiger partial charge >= 0.3 is 0 Å². The summed E-state index contributed by atoms with van der Waals surface area (Å²) in [4.78, 5) is 0. The van der Waals surface area contributed by atoms with Gasteiger partial charge in [-0.15, -0.1) is 5.75 Å². The average Bonchev–Trinajstić information content (AvgIpc) is 1.93. The molecular formula is C10H13O-. The van der Waals surface area contributed by atoms with Crippen molar-refractivity contribution in [2.75, 3.05) is 0 Å². The highest BCUT2D eigenvalue weighted by Crippen LogP contribution is 2.16. The lowest BCUT2D eigenvalue weighted by Crippen LogP contribution is -2.00. The van der Waals surface area contributed by atoms with Crippen LogP contribution in [0.3, 0.4) is 0 Å². The van der Waals surface area contributed by atoms with Crippen molar-refractivity contribution in [3.8, 4) is 5.75 Å². The van der Waals surface area contributed by atoms with Crippen LogP contribution in [-0.4, -0.2) is 0 Å². The Morgan fingerprint density at radius 3 is 2.45 bits per heavy atom. The van der Waals surface area contributed by atoms with Crippen molar-refractivity contribution in [3.63, 3.8) is 0 Å². The normalized spacial score (nSPS) is 10.5. The molecule has 1 heteroatoms. The predicted molar refractivity (Wildman–Crippen MR) is 44.4 cm³/mol. The van der Waals surface area contributed by atoms with Crippen molar-refractivity contribution < 1.29 is 5.11 Å². The number of para-hydroxylation sites is 1. The fourth-order valence-electron chi connectivity index (χ4n) is 1.11. The molecule has 0 spiro atoms. The van der Waals surface area contributed by atoms with Crippen molar-refractivity contribution in [2.24, 2.45) is 5.92 Å². The van der Waals surface area contributed by atoms with Crippen LogP contribution >= 0.6 is 0 Å². The van der Waals surface area contributed by atoms with E-state index in [0.717, 1.165) is 12.0 Å². The summed E-state index contributed by atoms with van der Waals surface area (Å²) in [6.07, 6.45) is 0.889. The minimum Gasteiger partial charge on any atom is -0.872 e. The maximum Gasteiger partial charge on any atom is -0.0262 e. The summed E-state index contributed by atoms with van der Waals surface area (Å²) < 4.78 is 0. The monoisotopic (exact) mass is 149 g/mol. The van der Waals surface area contributed by atoms with Crippen molar-refractivity contribution in [3.05, 3.63) is 29.8 Å². The smallest absolute Gasteiger partial charge is 0.0262 e. The Labute approximate surface area is 67.7 Å². The van der Waals surface area contributed by atoms with Crippen LogP contribution in [0.5, 0.6) is 5.75 Å². The first-order valence-electron chi connectivity index (χ1n) is 3.95. The van der Waals surface area contributed by atoms with Gasteiger partial charge < -0.3 is 5.11 Å². The second-order valence-electron chi connectivity index (χ2n) is 3.21. The van der Waals surface area contributed by atoms with Gasteiger partial charge in [0, 0.05) is 0 Å². The molecular weight excluding hydrogens is 136 g/mol. The van der Waals surface area contributed by atoms with Crippen LogP contribution in [0, 0.1) is 5.92 Å². The van der Waals surface area contributed by atoms with Crippen molar-refractivity contribution in [1.82, 2.24) is 0 Å². The quantitative estimate of drug-likeness (QED) is 0.630. The van der Waals surface area contributed by atoms with Gasteiger partial charge in [-0.05, 0) is 12.3 Å². The van der Waals surface area contributed by atoms with Crippen molar-refractivity contribution in [2.45, 2.75) is 20.3 Å². The zero-order valence-electron chi connectivity index (χ0n) is 7.00. The third kappa shape index (κ3) is 2.26. The van der Waals surface area contributed by atoms with Gasteiger partial charge in [0.25, 0.3) is 0 Å². The molecule has 0 aliphatic rings. The van der Waals surface area contributed by atoms with E-state index >= 15 is 0 Å². The predicted octanol–water partition coefficient (Wildman–Crippen LogP) is 1.96. The lowest BCUT2D eigenvalue weighted by molar-refractivity contribution is -0.269. The second kappa shape index (κ2) is 3.42. The van der Waals surface area contributed by atoms with E-state index in [1.807, 2.05) is 12.1 Å². The molecule has 0 N–H and O–H groups in total. The Balaban J connectivity index is 2.78. The van der Waals surface area contributed by atoms with E-state index in [4.69, 9.17) is 0 Å². The molecule has 1 rings (SSSR count). The van der Waals surface area contributed by atoms with E-state index in [1.165, 1.54) is 0 Å².